The van der Waals surface area contributed by atoms with Gasteiger partial charge < -0.3 is 10.2 Å². The average molecular weight is 526 g/mol. The molecule has 198 valence electrons. The number of carbonyl (C=O) groups excluding carboxylic acids is 3. The number of sulfonamides is 1. The van der Waals surface area contributed by atoms with Gasteiger partial charge >= 0.3 is 0 Å². The van der Waals surface area contributed by atoms with Crippen LogP contribution in [0, 0.1) is 6.92 Å². The Bertz CT molecular complexity index is 1270. The van der Waals surface area contributed by atoms with Crippen LogP contribution >= 0.6 is 0 Å². The van der Waals surface area contributed by atoms with E-state index in [0.29, 0.717) is 6.42 Å². The highest BCUT2D eigenvalue weighted by Crippen LogP contribution is 2.30. The van der Waals surface area contributed by atoms with Crippen LogP contribution in [0.1, 0.15) is 73.4 Å². The van der Waals surface area contributed by atoms with Gasteiger partial charge in [0.25, 0.3) is 15.9 Å². The summed E-state index contributed by atoms with van der Waals surface area (Å²) in [5.74, 6) is -0.957. The molecule has 2 aliphatic rings. The largest absolute Gasteiger partial charge is 0.352 e. The Morgan fingerprint density at radius 1 is 1.11 bits per heavy atom. The molecule has 1 N–H and O–H groups in total. The average Bonchev–Trinajstić information content (AvgIpc) is 3.44. The molecule has 0 bridgehead atoms. The van der Waals surface area contributed by atoms with Crippen molar-refractivity contribution in [1.82, 2.24) is 14.5 Å². The van der Waals surface area contributed by atoms with E-state index >= 15 is 0 Å². The Hall–Kier alpha value is -3.20. The number of nitrogens with one attached hydrogen (secondary N) is 1. The van der Waals surface area contributed by atoms with Crippen molar-refractivity contribution in [3.8, 4) is 0 Å². The van der Waals surface area contributed by atoms with Crippen molar-refractivity contribution in [2.75, 3.05) is 6.54 Å². The van der Waals surface area contributed by atoms with Crippen molar-refractivity contribution in [3.05, 3.63) is 65.2 Å². The molecule has 1 aliphatic heterocycles. The number of carbonyl (C=O) groups is 3. The van der Waals surface area contributed by atoms with E-state index < -0.39 is 22.0 Å². The van der Waals surface area contributed by atoms with Crippen LogP contribution in [0.2, 0.25) is 0 Å². The highest BCUT2D eigenvalue weighted by atomic mass is 32.2. The molecule has 4 rings (SSSR count). The maximum absolute atomic E-state index is 13.5. The number of benzene rings is 2. The van der Waals surface area contributed by atoms with E-state index in [2.05, 4.69) is 5.32 Å². The lowest BCUT2D eigenvalue weighted by Gasteiger charge is -2.32. The molecule has 0 saturated heterocycles. The molecule has 2 aromatic carbocycles. The lowest BCUT2D eigenvalue weighted by Crippen LogP contribution is -2.51. The highest BCUT2D eigenvalue weighted by Gasteiger charge is 2.40. The summed E-state index contributed by atoms with van der Waals surface area (Å²) in [6.45, 7) is 4.06. The second kappa shape index (κ2) is 11.5. The van der Waals surface area contributed by atoms with Crippen LogP contribution in [0.3, 0.4) is 0 Å². The van der Waals surface area contributed by atoms with E-state index in [-0.39, 0.29) is 54.2 Å². The minimum absolute atomic E-state index is 0.00188. The molecule has 2 aromatic rings. The van der Waals surface area contributed by atoms with Crippen LogP contribution in [0.15, 0.2) is 53.4 Å². The summed E-state index contributed by atoms with van der Waals surface area (Å²) in [7, 11) is -3.92. The number of hydrogen-bond acceptors (Lipinski definition) is 5. The fourth-order valence-corrected chi connectivity index (χ4v) is 6.87. The molecular weight excluding hydrogens is 490 g/mol. The zero-order valence-electron chi connectivity index (χ0n) is 21.5. The van der Waals surface area contributed by atoms with Crippen LogP contribution in [-0.2, 0) is 26.2 Å². The van der Waals surface area contributed by atoms with Crippen LogP contribution in [0.4, 0.5) is 0 Å². The standard InChI is InChI=1S/C28H35N3O5S/c1-3-24(27(33)29-22-12-4-5-13-22)30(19-21-11-8-10-20(2)18-21)26(32)16-9-17-31-28(34)23-14-6-7-15-25(23)37(31,35)36/h6-8,10-11,14-15,18,22,24H,3-5,9,12-13,16-17,19H2,1-2H3,(H,29,33)/t24-/m1/s1. The quantitative estimate of drug-likeness (QED) is 0.508. The third-order valence-electron chi connectivity index (χ3n) is 7.19. The van der Waals surface area contributed by atoms with E-state index in [1.165, 1.54) is 12.1 Å². The lowest BCUT2D eigenvalue weighted by atomic mass is 10.1. The van der Waals surface area contributed by atoms with E-state index in [1.807, 2.05) is 38.1 Å². The van der Waals surface area contributed by atoms with E-state index in [4.69, 9.17) is 0 Å². The molecule has 0 aromatic heterocycles. The smallest absolute Gasteiger partial charge is 0.269 e. The van der Waals surface area contributed by atoms with Crippen LogP contribution < -0.4 is 5.32 Å². The van der Waals surface area contributed by atoms with Crippen molar-refractivity contribution >= 4 is 27.7 Å². The van der Waals surface area contributed by atoms with Crippen molar-refractivity contribution < 1.29 is 22.8 Å². The van der Waals surface area contributed by atoms with Gasteiger partial charge in [-0.3, -0.25) is 14.4 Å². The first-order valence-electron chi connectivity index (χ1n) is 13.0. The summed E-state index contributed by atoms with van der Waals surface area (Å²) >= 11 is 0. The molecular formula is C28H35N3O5S. The molecule has 1 heterocycles. The maximum atomic E-state index is 13.5. The highest BCUT2D eigenvalue weighted by molar-refractivity contribution is 7.90. The molecule has 8 nitrogen and oxygen atoms in total. The Balaban J connectivity index is 1.47. The molecule has 1 saturated carbocycles. The van der Waals surface area contributed by atoms with Crippen LogP contribution in [0.25, 0.3) is 0 Å². The van der Waals surface area contributed by atoms with E-state index in [1.54, 1.807) is 17.0 Å². The lowest BCUT2D eigenvalue weighted by molar-refractivity contribution is -0.141. The molecule has 1 atom stereocenters. The number of fused-ring (bicyclic) bond motifs is 1. The number of nitrogens with zero attached hydrogens (tertiary/aromatic N) is 2. The normalized spacial score (nSPS) is 17.5. The first-order chi connectivity index (χ1) is 17.7. The number of amides is 3. The van der Waals surface area contributed by atoms with Gasteiger partial charge in [-0.05, 0) is 50.3 Å². The van der Waals surface area contributed by atoms with Gasteiger partial charge in [0, 0.05) is 25.6 Å². The van der Waals surface area contributed by atoms with Gasteiger partial charge in [0.15, 0.2) is 0 Å². The SMILES string of the molecule is CC[C@H](C(=O)NC1CCCC1)N(Cc1cccc(C)c1)C(=O)CCCN1C(=O)c2ccccc2S1(=O)=O. The second-order valence-electron chi connectivity index (χ2n) is 9.91. The summed E-state index contributed by atoms with van der Waals surface area (Å²) in [5.41, 5.74) is 2.14. The summed E-state index contributed by atoms with van der Waals surface area (Å²) in [5, 5.41) is 3.12. The Kier molecular flexibility index (Phi) is 8.32. The zero-order chi connectivity index (χ0) is 26.6. The number of rotatable bonds is 10. The summed E-state index contributed by atoms with van der Waals surface area (Å²) in [4.78, 5) is 41.0. The van der Waals surface area contributed by atoms with Crippen molar-refractivity contribution in [2.24, 2.45) is 0 Å². The minimum atomic E-state index is -3.92. The van der Waals surface area contributed by atoms with Crippen molar-refractivity contribution in [1.29, 1.82) is 0 Å². The predicted octanol–water partition coefficient (Wildman–Crippen LogP) is 3.79. The third-order valence-corrected chi connectivity index (χ3v) is 9.03. The van der Waals surface area contributed by atoms with E-state index in [0.717, 1.165) is 41.1 Å². The van der Waals surface area contributed by atoms with E-state index in [9.17, 15) is 22.8 Å². The molecule has 3 amide bonds. The minimum Gasteiger partial charge on any atom is -0.352 e. The van der Waals surface area contributed by atoms with Crippen molar-refractivity contribution in [2.45, 2.75) is 82.3 Å². The van der Waals surface area contributed by atoms with Gasteiger partial charge in [-0.15, -0.1) is 0 Å². The first kappa shape index (κ1) is 26.9. The van der Waals surface area contributed by atoms with Gasteiger partial charge in [0.1, 0.15) is 10.9 Å². The summed E-state index contributed by atoms with van der Waals surface area (Å²) < 4.78 is 26.5. The third kappa shape index (κ3) is 5.87. The summed E-state index contributed by atoms with van der Waals surface area (Å²) in [6, 6.07) is 13.5. The molecule has 0 radical (unpaired) electrons. The number of aryl methyl sites for hydroxylation is 1. The Labute approximate surface area is 219 Å². The molecule has 1 aliphatic carbocycles. The Morgan fingerprint density at radius 3 is 2.51 bits per heavy atom. The van der Waals surface area contributed by atoms with Gasteiger partial charge in [-0.2, -0.15) is 0 Å². The predicted molar refractivity (Wildman–Crippen MR) is 140 cm³/mol. The van der Waals surface area contributed by atoms with Gasteiger partial charge in [-0.1, -0.05) is 61.7 Å². The second-order valence-corrected chi connectivity index (χ2v) is 11.7. The molecule has 9 heteroatoms. The topological polar surface area (TPSA) is 104 Å². The van der Waals surface area contributed by atoms with Gasteiger partial charge in [-0.25, -0.2) is 12.7 Å². The maximum Gasteiger partial charge on any atom is 0.269 e. The molecule has 0 spiro atoms. The molecule has 0 unspecified atom stereocenters. The summed E-state index contributed by atoms with van der Waals surface area (Å²) in [6.07, 6.45) is 4.75. The molecule has 37 heavy (non-hydrogen) atoms. The molecule has 1 fully saturated rings. The first-order valence-corrected chi connectivity index (χ1v) is 14.5. The monoisotopic (exact) mass is 525 g/mol. The Morgan fingerprint density at radius 2 is 1.84 bits per heavy atom. The van der Waals surface area contributed by atoms with Gasteiger partial charge in [0.05, 0.1) is 5.56 Å². The fraction of sp³-hybridized carbons (Fsp3) is 0.464. The fourth-order valence-electron chi connectivity index (χ4n) is 5.26. The zero-order valence-corrected chi connectivity index (χ0v) is 22.3. The van der Waals surface area contributed by atoms with Crippen LogP contribution in [0.5, 0.6) is 0 Å². The number of hydrogen-bond donors (Lipinski definition) is 1. The van der Waals surface area contributed by atoms with Crippen molar-refractivity contribution in [3.63, 3.8) is 0 Å². The van der Waals surface area contributed by atoms with Crippen LogP contribution in [-0.4, -0.2) is 54.0 Å². The van der Waals surface area contributed by atoms with Gasteiger partial charge in [0.2, 0.25) is 11.8 Å².